The second-order valence-corrected chi connectivity index (χ2v) is 23.1. The van der Waals surface area contributed by atoms with Crippen molar-refractivity contribution in [2.75, 3.05) is 9.80 Å². The van der Waals surface area contributed by atoms with Crippen LogP contribution in [0.4, 0.5) is 34.1 Å². The van der Waals surface area contributed by atoms with E-state index >= 15 is 0 Å². The van der Waals surface area contributed by atoms with E-state index in [1.165, 1.54) is 99.1 Å². The lowest BCUT2D eigenvalue weighted by molar-refractivity contribution is 1.30. The van der Waals surface area contributed by atoms with Crippen molar-refractivity contribution < 1.29 is 0 Å². The van der Waals surface area contributed by atoms with Gasteiger partial charge in [-0.05, 0) is 171 Å². The van der Waals surface area contributed by atoms with E-state index in [0.717, 1.165) is 56.4 Å². The normalized spacial score (nSPS) is 11.3. The van der Waals surface area contributed by atoms with Crippen LogP contribution >= 0.6 is 0 Å². The smallest absolute Gasteiger partial charge is 0.0540 e. The number of benzene rings is 16. The van der Waals surface area contributed by atoms with Gasteiger partial charge in [0, 0.05) is 33.5 Å². The van der Waals surface area contributed by atoms with Gasteiger partial charge in [0.2, 0.25) is 0 Å². The first-order chi connectivity index (χ1) is 44.7. The van der Waals surface area contributed by atoms with E-state index in [0.29, 0.717) is 0 Å². The summed E-state index contributed by atoms with van der Waals surface area (Å²) in [5, 5.41) is 7.19. The van der Waals surface area contributed by atoms with E-state index in [-0.39, 0.29) is 0 Å². The molecule has 0 heterocycles. The van der Waals surface area contributed by atoms with E-state index < -0.39 is 0 Å². The van der Waals surface area contributed by atoms with Crippen molar-refractivity contribution in [1.82, 2.24) is 0 Å². The summed E-state index contributed by atoms with van der Waals surface area (Å²) in [6, 6.07) is 133. The van der Waals surface area contributed by atoms with Crippen molar-refractivity contribution in [3.05, 3.63) is 364 Å². The van der Waals surface area contributed by atoms with Crippen LogP contribution in [0.5, 0.6) is 0 Å². The Kier molecular flexibility index (Phi) is 14.0. The van der Waals surface area contributed by atoms with Gasteiger partial charge in [-0.1, -0.05) is 303 Å². The van der Waals surface area contributed by atoms with Crippen LogP contribution in [0.3, 0.4) is 0 Å². The number of hydrogen-bond donors (Lipinski definition) is 0. The predicted molar refractivity (Wildman–Crippen MR) is 383 cm³/mol. The molecule has 16 aromatic carbocycles. The molecule has 0 saturated heterocycles. The van der Waals surface area contributed by atoms with Crippen LogP contribution in [0.1, 0.15) is 0 Å². The quantitative estimate of drug-likeness (QED) is 0.100. The molecule has 16 rings (SSSR count). The van der Waals surface area contributed by atoms with Gasteiger partial charge in [-0.25, -0.2) is 0 Å². The van der Waals surface area contributed by atoms with Crippen LogP contribution in [0.15, 0.2) is 364 Å². The van der Waals surface area contributed by atoms with Crippen LogP contribution in [0.2, 0.25) is 0 Å². The third-order valence-electron chi connectivity index (χ3n) is 17.8. The molecule has 0 saturated carbocycles. The van der Waals surface area contributed by atoms with Crippen molar-refractivity contribution >= 4 is 66.4 Å². The molecule has 0 bridgehead atoms. The summed E-state index contributed by atoms with van der Waals surface area (Å²) in [6.45, 7) is 0. The zero-order valence-electron chi connectivity index (χ0n) is 49.5. The van der Waals surface area contributed by atoms with Gasteiger partial charge in [0.15, 0.2) is 0 Å². The largest absolute Gasteiger partial charge is 0.310 e. The van der Waals surface area contributed by atoms with Gasteiger partial charge in [0.05, 0.1) is 11.4 Å². The lowest BCUT2D eigenvalue weighted by Crippen LogP contribution is -2.11. The minimum absolute atomic E-state index is 1.06. The topological polar surface area (TPSA) is 6.48 Å². The highest BCUT2D eigenvalue weighted by molar-refractivity contribution is 6.28. The summed E-state index contributed by atoms with van der Waals surface area (Å²) >= 11 is 0. The summed E-state index contributed by atoms with van der Waals surface area (Å²) < 4.78 is 0. The molecule has 0 aliphatic rings. The third kappa shape index (κ3) is 9.93. The molecule has 0 fully saturated rings. The third-order valence-corrected chi connectivity index (χ3v) is 17.8. The maximum Gasteiger partial charge on any atom is 0.0540 e. The van der Waals surface area contributed by atoms with Gasteiger partial charge in [0.25, 0.3) is 0 Å². The van der Waals surface area contributed by atoms with Crippen LogP contribution in [-0.2, 0) is 0 Å². The van der Waals surface area contributed by atoms with Gasteiger partial charge in [-0.15, -0.1) is 0 Å². The minimum Gasteiger partial charge on any atom is -0.310 e. The molecule has 0 radical (unpaired) electrons. The second-order valence-electron chi connectivity index (χ2n) is 23.1. The fourth-order valence-electron chi connectivity index (χ4n) is 13.6. The Morgan fingerprint density at radius 1 is 0.167 bits per heavy atom. The average molecular weight is 1150 g/mol. The first-order valence-electron chi connectivity index (χ1n) is 31.0. The second kappa shape index (κ2) is 23.4. The van der Waals surface area contributed by atoms with Crippen molar-refractivity contribution in [2.24, 2.45) is 0 Å². The van der Waals surface area contributed by atoms with Gasteiger partial charge in [-0.3, -0.25) is 0 Å². The standard InChI is InChI=1S/C88H60N2/c1-7-23-61(24-8-1)71-35-19-37-75(59-71)89(73-51-43-67(44-52-73)85-77(63-27-11-3-12-28-63)39-21-40-78(85)64-29-13-4-14-30-64)83-57-49-69-48-56-82-84(58-50-70-47-55-81(83)87(69)88(70)82)90(76-38-20-36-72(60-76)62-25-9-2-10-26-62)74-53-45-68(46-54-74)86-79(65-31-15-5-16-32-65)41-22-42-80(86)66-33-17-6-18-34-66/h1-60H. The lowest BCUT2D eigenvalue weighted by Gasteiger charge is -2.30. The SMILES string of the molecule is c1ccc(-c2cccc(N(c3ccc(-c4c(-c5ccccc5)cccc4-c4ccccc4)cc3)c3ccc4ccc5c(N(c6ccc(-c7c(-c8ccccc8)cccc7-c7ccccc7)cc6)c6cccc(-c7ccccc7)c6)ccc6ccc3c4c65)c2)cc1. The molecule has 0 aliphatic carbocycles. The maximum atomic E-state index is 2.46. The van der Waals surface area contributed by atoms with E-state index in [4.69, 9.17) is 0 Å². The Bertz CT molecular complexity index is 4740. The Labute approximate surface area is 526 Å². The molecule has 0 amide bonds. The number of nitrogens with zero attached hydrogens (tertiary/aromatic N) is 2. The van der Waals surface area contributed by atoms with Crippen LogP contribution in [0.25, 0.3) is 121 Å². The summed E-state index contributed by atoms with van der Waals surface area (Å²) in [6.07, 6.45) is 0. The molecule has 0 unspecified atom stereocenters. The molecule has 90 heavy (non-hydrogen) atoms. The molecule has 2 nitrogen and oxygen atoms in total. The van der Waals surface area contributed by atoms with Crippen molar-refractivity contribution in [2.45, 2.75) is 0 Å². The molecular weight excluding hydrogens is 1080 g/mol. The zero-order chi connectivity index (χ0) is 59.7. The average Bonchev–Trinajstić information content (AvgIpc) is 0.958. The highest BCUT2D eigenvalue weighted by atomic mass is 15.1. The Morgan fingerprint density at radius 3 is 0.767 bits per heavy atom. The van der Waals surface area contributed by atoms with E-state index in [1.54, 1.807) is 0 Å². The van der Waals surface area contributed by atoms with E-state index in [2.05, 4.69) is 374 Å². The predicted octanol–water partition coefficient (Wildman–Crippen LogP) is 24.9. The van der Waals surface area contributed by atoms with Crippen molar-refractivity contribution in [3.8, 4) is 89.0 Å². The molecule has 0 N–H and O–H groups in total. The summed E-state index contributed by atoms with van der Waals surface area (Å²) in [7, 11) is 0. The van der Waals surface area contributed by atoms with E-state index in [1.807, 2.05) is 0 Å². The van der Waals surface area contributed by atoms with Gasteiger partial charge in [0.1, 0.15) is 0 Å². The van der Waals surface area contributed by atoms with Crippen molar-refractivity contribution in [3.63, 3.8) is 0 Å². The van der Waals surface area contributed by atoms with Crippen LogP contribution in [-0.4, -0.2) is 0 Å². The fourth-order valence-corrected chi connectivity index (χ4v) is 13.6. The van der Waals surface area contributed by atoms with Gasteiger partial charge in [-0.2, -0.15) is 0 Å². The lowest BCUT2D eigenvalue weighted by atomic mass is 9.87. The molecule has 2 heteroatoms. The van der Waals surface area contributed by atoms with Crippen molar-refractivity contribution in [1.29, 1.82) is 0 Å². The molecule has 0 spiro atoms. The highest BCUT2D eigenvalue weighted by Gasteiger charge is 2.24. The number of hydrogen-bond acceptors (Lipinski definition) is 2. The minimum atomic E-state index is 1.06. The van der Waals surface area contributed by atoms with Gasteiger partial charge >= 0.3 is 0 Å². The van der Waals surface area contributed by atoms with Gasteiger partial charge < -0.3 is 9.80 Å². The monoisotopic (exact) mass is 1140 g/mol. The molecule has 16 aromatic rings. The Hall–Kier alpha value is -11.8. The maximum absolute atomic E-state index is 2.46. The van der Waals surface area contributed by atoms with E-state index in [9.17, 15) is 0 Å². The molecule has 0 aliphatic heterocycles. The number of anilines is 6. The molecule has 0 atom stereocenters. The summed E-state index contributed by atoms with van der Waals surface area (Å²) in [4.78, 5) is 4.93. The zero-order valence-corrected chi connectivity index (χ0v) is 49.5. The summed E-state index contributed by atoms with van der Waals surface area (Å²) in [5.41, 5.74) is 25.4. The summed E-state index contributed by atoms with van der Waals surface area (Å²) in [5.74, 6) is 0. The molecule has 0 aromatic heterocycles. The molecular formula is C88H60N2. The Morgan fingerprint density at radius 2 is 0.444 bits per heavy atom. The molecule has 422 valence electrons. The Balaban J connectivity index is 0.874. The number of rotatable bonds is 14. The van der Waals surface area contributed by atoms with Crippen LogP contribution < -0.4 is 9.80 Å². The first kappa shape index (κ1) is 53.6. The van der Waals surface area contributed by atoms with Crippen LogP contribution in [0, 0.1) is 0 Å². The first-order valence-corrected chi connectivity index (χ1v) is 31.0. The highest BCUT2D eigenvalue weighted by Crippen LogP contribution is 2.50. The fraction of sp³-hybridized carbons (Fsp3) is 0.